The highest BCUT2D eigenvalue weighted by atomic mass is 16.5. The number of benzene rings is 1. The summed E-state index contributed by atoms with van der Waals surface area (Å²) in [5.41, 5.74) is 2.32. The number of anilines is 1. The molecule has 0 radical (unpaired) electrons. The second kappa shape index (κ2) is 6.07. The molecule has 18 heavy (non-hydrogen) atoms. The van der Waals surface area contributed by atoms with Gasteiger partial charge in [0.15, 0.2) is 0 Å². The van der Waals surface area contributed by atoms with Gasteiger partial charge in [0.1, 0.15) is 5.75 Å². The molecule has 1 heterocycles. The second-order valence-corrected chi connectivity index (χ2v) is 5.00. The minimum Gasteiger partial charge on any atom is -0.495 e. The van der Waals surface area contributed by atoms with Gasteiger partial charge in [-0.3, -0.25) is 0 Å². The van der Waals surface area contributed by atoms with Crippen molar-refractivity contribution < 1.29 is 4.74 Å². The van der Waals surface area contributed by atoms with Crippen molar-refractivity contribution >= 4 is 5.69 Å². The molecule has 2 rings (SSSR count). The molecule has 0 saturated carbocycles. The topological polar surface area (TPSA) is 36.5 Å². The zero-order valence-electron chi connectivity index (χ0n) is 11.5. The van der Waals surface area contributed by atoms with Crippen molar-refractivity contribution in [1.82, 2.24) is 10.2 Å². The summed E-state index contributed by atoms with van der Waals surface area (Å²) >= 11 is 0. The smallest absolute Gasteiger partial charge is 0.141 e. The largest absolute Gasteiger partial charge is 0.495 e. The van der Waals surface area contributed by atoms with Crippen molar-refractivity contribution in [2.24, 2.45) is 0 Å². The third-order valence-electron chi connectivity index (χ3n) is 3.35. The Balaban J connectivity index is 1.94. The van der Waals surface area contributed by atoms with Gasteiger partial charge in [0, 0.05) is 32.2 Å². The highest BCUT2D eigenvalue weighted by Crippen LogP contribution is 2.25. The molecule has 0 aromatic heterocycles. The molecule has 1 aliphatic rings. The molecule has 2 N–H and O–H groups in total. The van der Waals surface area contributed by atoms with E-state index in [0.29, 0.717) is 6.04 Å². The van der Waals surface area contributed by atoms with Crippen LogP contribution in [-0.2, 0) is 0 Å². The van der Waals surface area contributed by atoms with E-state index in [9.17, 15) is 0 Å². The summed E-state index contributed by atoms with van der Waals surface area (Å²) in [6.45, 7) is 6.29. The van der Waals surface area contributed by atoms with E-state index in [1.807, 2.05) is 6.07 Å². The van der Waals surface area contributed by atoms with E-state index < -0.39 is 0 Å². The lowest BCUT2D eigenvalue weighted by Crippen LogP contribution is -2.51. The van der Waals surface area contributed by atoms with E-state index >= 15 is 0 Å². The summed E-state index contributed by atoms with van der Waals surface area (Å²) in [5.74, 6) is 0.907. The predicted octanol–water partition coefficient (Wildman–Crippen LogP) is 1.32. The molecule has 1 aromatic carbocycles. The highest BCUT2D eigenvalue weighted by Gasteiger charge is 2.16. The number of likely N-dealkylation sites (N-methyl/N-ethyl adjacent to an activating group) is 1. The highest BCUT2D eigenvalue weighted by molar-refractivity contribution is 5.58. The first kappa shape index (κ1) is 13.2. The Morgan fingerprint density at radius 2 is 2.33 bits per heavy atom. The molecular formula is C14H23N3O. The van der Waals surface area contributed by atoms with Crippen LogP contribution in [0.4, 0.5) is 5.69 Å². The van der Waals surface area contributed by atoms with E-state index in [-0.39, 0.29) is 0 Å². The molecule has 100 valence electrons. The molecule has 1 fully saturated rings. The van der Waals surface area contributed by atoms with Crippen molar-refractivity contribution in [3.63, 3.8) is 0 Å². The lowest BCUT2D eigenvalue weighted by Gasteiger charge is -2.31. The third kappa shape index (κ3) is 3.37. The van der Waals surface area contributed by atoms with Crippen LogP contribution < -0.4 is 15.4 Å². The molecule has 4 heteroatoms. The van der Waals surface area contributed by atoms with Gasteiger partial charge in [0.25, 0.3) is 0 Å². The van der Waals surface area contributed by atoms with Crippen molar-refractivity contribution in [3.8, 4) is 5.75 Å². The number of piperazine rings is 1. The molecule has 1 aliphatic heterocycles. The van der Waals surface area contributed by atoms with E-state index in [1.165, 1.54) is 5.56 Å². The molecule has 1 atom stereocenters. The number of methoxy groups -OCH3 is 1. The van der Waals surface area contributed by atoms with Gasteiger partial charge in [-0.1, -0.05) is 6.07 Å². The number of hydrogen-bond acceptors (Lipinski definition) is 4. The van der Waals surface area contributed by atoms with Gasteiger partial charge >= 0.3 is 0 Å². The van der Waals surface area contributed by atoms with Gasteiger partial charge in [0.05, 0.1) is 12.8 Å². The minimum absolute atomic E-state index is 0.494. The molecule has 1 saturated heterocycles. The fourth-order valence-corrected chi connectivity index (χ4v) is 2.32. The van der Waals surface area contributed by atoms with Crippen LogP contribution in [0.2, 0.25) is 0 Å². The minimum atomic E-state index is 0.494. The first-order chi connectivity index (χ1) is 8.69. The zero-order chi connectivity index (χ0) is 13.0. The average Bonchev–Trinajstić information content (AvgIpc) is 2.37. The van der Waals surface area contributed by atoms with Gasteiger partial charge in [0.2, 0.25) is 0 Å². The Hall–Kier alpha value is -1.26. The summed E-state index contributed by atoms with van der Waals surface area (Å²) < 4.78 is 5.37. The molecule has 1 aromatic rings. The Kier molecular flexibility index (Phi) is 4.44. The van der Waals surface area contributed by atoms with E-state index in [2.05, 4.69) is 41.6 Å². The lowest BCUT2D eigenvalue weighted by atomic mass is 10.2. The Labute approximate surface area is 109 Å². The van der Waals surface area contributed by atoms with Crippen LogP contribution in [0.3, 0.4) is 0 Å². The van der Waals surface area contributed by atoms with Crippen LogP contribution in [0.15, 0.2) is 18.2 Å². The third-order valence-corrected chi connectivity index (χ3v) is 3.35. The second-order valence-electron chi connectivity index (χ2n) is 5.00. The fourth-order valence-electron chi connectivity index (χ4n) is 2.32. The Morgan fingerprint density at radius 3 is 3.06 bits per heavy atom. The van der Waals surface area contributed by atoms with E-state index in [1.54, 1.807) is 7.11 Å². The lowest BCUT2D eigenvalue weighted by molar-refractivity contribution is 0.244. The molecule has 1 unspecified atom stereocenters. The standard InChI is InChI=1S/C14H23N3O/c1-11-4-5-14(18-3)13(8-11)16-9-12-10-17(2)7-6-15-12/h4-5,8,12,15-16H,6-7,9-10H2,1-3H3. The first-order valence-corrected chi connectivity index (χ1v) is 6.49. The molecule has 4 nitrogen and oxygen atoms in total. The average molecular weight is 249 g/mol. The zero-order valence-corrected chi connectivity index (χ0v) is 11.5. The quantitative estimate of drug-likeness (QED) is 0.844. The van der Waals surface area contributed by atoms with Gasteiger partial charge < -0.3 is 20.3 Å². The van der Waals surface area contributed by atoms with E-state index in [0.717, 1.165) is 37.6 Å². The molecule has 0 amide bonds. The van der Waals surface area contributed by atoms with Crippen LogP contribution in [0.1, 0.15) is 5.56 Å². The van der Waals surface area contributed by atoms with Crippen LogP contribution in [-0.4, -0.2) is 51.3 Å². The monoisotopic (exact) mass is 249 g/mol. The predicted molar refractivity (Wildman–Crippen MR) is 75.5 cm³/mol. The molecule has 0 spiro atoms. The number of hydrogen-bond donors (Lipinski definition) is 2. The summed E-state index contributed by atoms with van der Waals surface area (Å²) in [6, 6.07) is 6.70. The molecular weight excluding hydrogens is 226 g/mol. The summed E-state index contributed by atoms with van der Waals surface area (Å²) in [4.78, 5) is 2.36. The first-order valence-electron chi connectivity index (χ1n) is 6.49. The summed E-state index contributed by atoms with van der Waals surface area (Å²) in [5, 5.41) is 7.01. The van der Waals surface area contributed by atoms with Crippen LogP contribution in [0.5, 0.6) is 5.75 Å². The van der Waals surface area contributed by atoms with Crippen molar-refractivity contribution in [2.75, 3.05) is 45.7 Å². The van der Waals surface area contributed by atoms with Gasteiger partial charge in [-0.25, -0.2) is 0 Å². The number of aryl methyl sites for hydroxylation is 1. The van der Waals surface area contributed by atoms with Crippen LogP contribution >= 0.6 is 0 Å². The number of rotatable bonds is 4. The van der Waals surface area contributed by atoms with Gasteiger partial charge in [-0.2, -0.15) is 0 Å². The molecule has 0 aliphatic carbocycles. The van der Waals surface area contributed by atoms with Crippen molar-refractivity contribution in [3.05, 3.63) is 23.8 Å². The van der Waals surface area contributed by atoms with Crippen molar-refractivity contribution in [1.29, 1.82) is 0 Å². The van der Waals surface area contributed by atoms with Crippen LogP contribution in [0, 0.1) is 6.92 Å². The van der Waals surface area contributed by atoms with Gasteiger partial charge in [-0.15, -0.1) is 0 Å². The summed E-state index contributed by atoms with van der Waals surface area (Å²) in [6.07, 6.45) is 0. The maximum absolute atomic E-state index is 5.37. The summed E-state index contributed by atoms with van der Waals surface area (Å²) in [7, 11) is 3.88. The Bertz CT molecular complexity index is 395. The normalized spacial score (nSPS) is 20.7. The molecule has 0 bridgehead atoms. The van der Waals surface area contributed by atoms with E-state index in [4.69, 9.17) is 4.74 Å². The SMILES string of the molecule is COc1ccc(C)cc1NCC1CN(C)CCN1. The van der Waals surface area contributed by atoms with Crippen LogP contribution in [0.25, 0.3) is 0 Å². The fraction of sp³-hybridized carbons (Fsp3) is 0.571. The maximum atomic E-state index is 5.37. The van der Waals surface area contributed by atoms with Gasteiger partial charge in [-0.05, 0) is 31.7 Å². The maximum Gasteiger partial charge on any atom is 0.141 e. The van der Waals surface area contributed by atoms with Crippen molar-refractivity contribution in [2.45, 2.75) is 13.0 Å². The number of nitrogens with zero attached hydrogens (tertiary/aromatic N) is 1. The Morgan fingerprint density at radius 1 is 1.50 bits per heavy atom. The number of ether oxygens (including phenoxy) is 1. The number of nitrogens with one attached hydrogen (secondary N) is 2.